The van der Waals surface area contributed by atoms with E-state index in [1.165, 1.54) is 12.1 Å². The summed E-state index contributed by atoms with van der Waals surface area (Å²) in [5.41, 5.74) is 0.249. The second kappa shape index (κ2) is 4.66. The molecule has 1 aromatic rings. The van der Waals surface area contributed by atoms with Gasteiger partial charge in [0, 0.05) is 0 Å². The first-order valence-electron chi connectivity index (χ1n) is 3.84. The molecule has 78 valence electrons. The molecule has 14 heavy (non-hydrogen) atoms. The molecule has 0 bridgehead atoms. The van der Waals surface area contributed by atoms with Crippen molar-refractivity contribution in [1.29, 1.82) is 0 Å². The third-order valence-electron chi connectivity index (χ3n) is 1.67. The Kier molecular flexibility index (Phi) is 4.01. The predicted molar refractivity (Wildman–Crippen MR) is 56.8 cm³/mol. The maximum Gasteiger partial charge on any atom is 0.416 e. The van der Waals surface area contributed by atoms with Gasteiger partial charge in [-0.25, -0.2) is 0 Å². The van der Waals surface area contributed by atoms with E-state index in [0.29, 0.717) is 6.42 Å². The van der Waals surface area contributed by atoms with E-state index in [9.17, 15) is 13.2 Å². The van der Waals surface area contributed by atoms with Gasteiger partial charge in [0.05, 0.1) is 9.30 Å². The topological polar surface area (TPSA) is 0 Å². The minimum atomic E-state index is -4.25. The van der Waals surface area contributed by atoms with Crippen molar-refractivity contribution in [2.45, 2.75) is 16.3 Å². The van der Waals surface area contributed by atoms with E-state index in [1.54, 1.807) is 0 Å². The monoisotopic (exact) mass is 330 g/mol. The molecule has 0 heterocycles. The maximum atomic E-state index is 12.2. The van der Waals surface area contributed by atoms with Crippen LogP contribution in [0.5, 0.6) is 0 Å². The normalized spacial score (nSPS) is 12.1. The largest absolute Gasteiger partial charge is 0.416 e. The first-order valence-corrected chi connectivity index (χ1v) is 5.67. The van der Waals surface area contributed by atoms with Crippen molar-refractivity contribution >= 4 is 31.9 Å². The van der Waals surface area contributed by atoms with Crippen molar-refractivity contribution in [1.82, 2.24) is 0 Å². The van der Waals surface area contributed by atoms with Gasteiger partial charge < -0.3 is 0 Å². The highest BCUT2D eigenvalue weighted by Gasteiger charge is 2.29. The highest BCUT2D eigenvalue weighted by molar-refractivity contribution is 9.24. The molecule has 0 atom stereocenters. The lowest BCUT2D eigenvalue weighted by molar-refractivity contribution is -0.137. The molecule has 0 saturated heterocycles. The summed E-state index contributed by atoms with van der Waals surface area (Å²) in [7, 11) is 0. The smallest absolute Gasteiger partial charge is 0.166 e. The molecule has 0 N–H and O–H groups in total. The number of benzene rings is 1. The van der Waals surface area contributed by atoms with Crippen LogP contribution in [0, 0.1) is 0 Å². The second-order valence-electron chi connectivity index (χ2n) is 2.79. The number of alkyl halides is 5. The first-order chi connectivity index (χ1) is 6.39. The Morgan fingerprint density at radius 1 is 1.07 bits per heavy atom. The van der Waals surface area contributed by atoms with Gasteiger partial charge in [-0.05, 0) is 24.1 Å². The van der Waals surface area contributed by atoms with Crippen LogP contribution in [0.1, 0.15) is 11.1 Å². The van der Waals surface area contributed by atoms with Gasteiger partial charge in [0.2, 0.25) is 0 Å². The second-order valence-corrected chi connectivity index (χ2v) is 6.23. The van der Waals surface area contributed by atoms with Gasteiger partial charge >= 0.3 is 6.18 Å². The third kappa shape index (κ3) is 3.61. The molecule has 0 radical (unpaired) electrons. The average molecular weight is 332 g/mol. The summed E-state index contributed by atoms with van der Waals surface area (Å²) in [6, 6.07) is 5.16. The summed E-state index contributed by atoms with van der Waals surface area (Å²) in [4.78, 5) is 0. The van der Waals surface area contributed by atoms with Crippen LogP contribution >= 0.6 is 31.9 Å². The minimum Gasteiger partial charge on any atom is -0.166 e. The van der Waals surface area contributed by atoms with Gasteiger partial charge in [-0.3, -0.25) is 0 Å². The number of halogens is 5. The van der Waals surface area contributed by atoms with E-state index in [2.05, 4.69) is 31.9 Å². The van der Waals surface area contributed by atoms with Crippen LogP contribution in [0.3, 0.4) is 0 Å². The van der Waals surface area contributed by atoms with Crippen LogP contribution in [-0.4, -0.2) is 3.74 Å². The Labute approximate surface area is 96.8 Å². The zero-order valence-corrected chi connectivity index (χ0v) is 10.2. The van der Waals surface area contributed by atoms with E-state index < -0.39 is 11.7 Å². The molecular formula is C9H7Br2F3. The van der Waals surface area contributed by atoms with Crippen LogP contribution in [0.2, 0.25) is 0 Å². The maximum absolute atomic E-state index is 12.2. The number of hydrogen-bond donors (Lipinski definition) is 0. The Morgan fingerprint density at radius 3 is 1.93 bits per heavy atom. The Morgan fingerprint density at radius 2 is 1.57 bits per heavy atom. The van der Waals surface area contributed by atoms with E-state index >= 15 is 0 Å². The molecule has 1 rings (SSSR count). The first kappa shape index (κ1) is 12.0. The molecule has 1 aromatic carbocycles. The lowest BCUT2D eigenvalue weighted by Gasteiger charge is -2.07. The van der Waals surface area contributed by atoms with E-state index in [1.807, 2.05) is 0 Å². The summed E-state index contributed by atoms with van der Waals surface area (Å²) in [6.45, 7) is 0. The van der Waals surface area contributed by atoms with Crippen LogP contribution in [-0.2, 0) is 12.6 Å². The van der Waals surface area contributed by atoms with Crippen LogP contribution < -0.4 is 0 Å². The van der Waals surface area contributed by atoms with Crippen molar-refractivity contribution in [3.05, 3.63) is 35.4 Å². The van der Waals surface area contributed by atoms with Crippen molar-refractivity contribution in [3.63, 3.8) is 0 Å². The van der Waals surface area contributed by atoms with Crippen molar-refractivity contribution < 1.29 is 13.2 Å². The molecule has 0 fully saturated rings. The van der Waals surface area contributed by atoms with Crippen molar-refractivity contribution in [2.75, 3.05) is 0 Å². The standard InChI is InChI=1S/C9H7Br2F3/c10-8(11)5-6-1-3-7(4-2-6)9(12,13)14/h1-4,8H,5H2. The molecule has 0 nitrogen and oxygen atoms in total. The average Bonchev–Trinajstić information content (AvgIpc) is 2.02. The van der Waals surface area contributed by atoms with E-state index in [4.69, 9.17) is 0 Å². The molecule has 0 aliphatic heterocycles. The zero-order valence-electron chi connectivity index (χ0n) is 6.98. The molecule has 0 aliphatic rings. The van der Waals surface area contributed by atoms with Crippen LogP contribution in [0.15, 0.2) is 24.3 Å². The highest BCUT2D eigenvalue weighted by atomic mass is 79.9. The van der Waals surface area contributed by atoms with E-state index in [0.717, 1.165) is 17.7 Å². The molecule has 0 spiro atoms. The fourth-order valence-corrected chi connectivity index (χ4v) is 1.76. The lowest BCUT2D eigenvalue weighted by Crippen LogP contribution is -2.04. The van der Waals surface area contributed by atoms with Gasteiger partial charge in [0.15, 0.2) is 0 Å². The summed E-state index contributed by atoms with van der Waals surface area (Å²) in [5.74, 6) is 0. The summed E-state index contributed by atoms with van der Waals surface area (Å²) < 4.78 is 36.6. The summed E-state index contributed by atoms with van der Waals surface area (Å²) >= 11 is 6.53. The summed E-state index contributed by atoms with van der Waals surface area (Å²) in [6.07, 6.45) is -3.60. The SMILES string of the molecule is FC(F)(F)c1ccc(CC(Br)Br)cc1. The number of rotatable bonds is 2. The summed E-state index contributed by atoms with van der Waals surface area (Å²) in [5, 5.41) is 0. The zero-order chi connectivity index (χ0) is 10.8. The Hall–Kier alpha value is -0.0300. The fraction of sp³-hybridized carbons (Fsp3) is 0.333. The van der Waals surface area contributed by atoms with Gasteiger partial charge in [0.1, 0.15) is 0 Å². The van der Waals surface area contributed by atoms with Crippen LogP contribution in [0.4, 0.5) is 13.2 Å². The molecular weight excluding hydrogens is 325 g/mol. The Bertz CT molecular complexity index is 290. The molecule has 0 aliphatic carbocycles. The minimum absolute atomic E-state index is 0.0896. The van der Waals surface area contributed by atoms with E-state index in [-0.39, 0.29) is 3.74 Å². The molecule has 0 aromatic heterocycles. The van der Waals surface area contributed by atoms with Gasteiger partial charge in [-0.2, -0.15) is 13.2 Å². The molecule has 5 heteroatoms. The fourth-order valence-electron chi connectivity index (χ4n) is 1.01. The molecule has 0 amide bonds. The van der Waals surface area contributed by atoms with Crippen molar-refractivity contribution in [2.24, 2.45) is 0 Å². The third-order valence-corrected chi connectivity index (χ3v) is 2.32. The van der Waals surface area contributed by atoms with Crippen molar-refractivity contribution in [3.8, 4) is 0 Å². The predicted octanol–water partition coefficient (Wildman–Crippen LogP) is 4.36. The highest BCUT2D eigenvalue weighted by Crippen LogP contribution is 2.29. The lowest BCUT2D eigenvalue weighted by atomic mass is 10.1. The number of hydrogen-bond acceptors (Lipinski definition) is 0. The Balaban J connectivity index is 2.79. The molecule has 0 unspecified atom stereocenters. The van der Waals surface area contributed by atoms with Gasteiger partial charge in [0.25, 0.3) is 0 Å². The molecule has 0 saturated carbocycles. The quantitative estimate of drug-likeness (QED) is 0.706. The van der Waals surface area contributed by atoms with Crippen LogP contribution in [0.25, 0.3) is 0 Å². The van der Waals surface area contributed by atoms with Gasteiger partial charge in [-0.1, -0.05) is 44.0 Å². The van der Waals surface area contributed by atoms with Gasteiger partial charge in [-0.15, -0.1) is 0 Å².